The smallest absolute Gasteiger partial charge is 0.143 e. The molecule has 0 N–H and O–H groups in total. The average Bonchev–Trinajstić information content (AvgIpc) is 1.69. The van der Waals surface area contributed by atoms with E-state index in [0.717, 1.165) is 0 Å². The van der Waals surface area contributed by atoms with Gasteiger partial charge in [-0.2, -0.15) is 0 Å². The van der Waals surface area contributed by atoms with Crippen molar-refractivity contribution < 1.29 is 52.4 Å². The van der Waals surface area contributed by atoms with E-state index in [1.165, 1.54) is 0 Å². The molecule has 2 heteroatoms. The van der Waals surface area contributed by atoms with Gasteiger partial charge in [0, 0.05) is 33.2 Å². The van der Waals surface area contributed by atoms with Crippen LogP contribution in [0.4, 0.5) is 17.1 Å². The number of benzene rings is 10. The second-order valence-electron chi connectivity index (χ2n) is 11.8. The van der Waals surface area contributed by atoms with Gasteiger partial charge in [0.05, 0.1) is 48.0 Å². The first-order chi connectivity index (χ1) is 42.4. The molecule has 0 radical (unpaired) electrons. The first-order valence-corrected chi connectivity index (χ1v) is 16.3. The van der Waals surface area contributed by atoms with Crippen molar-refractivity contribution in [2.24, 2.45) is 0 Å². The van der Waals surface area contributed by atoms with Crippen LogP contribution >= 0.6 is 0 Å². The largest absolute Gasteiger partial charge is 0.455 e. The van der Waals surface area contributed by atoms with Crippen molar-refractivity contribution in [1.29, 1.82) is 0 Å². The third kappa shape index (κ3) is 5.34. The number of furan rings is 1. The Labute approximate surface area is 374 Å². The Balaban J connectivity index is 1.24. The molecule has 0 atom stereocenters. The lowest BCUT2D eigenvalue weighted by molar-refractivity contribution is 0.673. The molecule has 0 aliphatic heterocycles. The van der Waals surface area contributed by atoms with Crippen LogP contribution in [0.3, 0.4) is 0 Å². The lowest BCUT2D eigenvalue weighted by atomic mass is 9.93. The molecule has 0 spiro atoms. The first kappa shape index (κ1) is 12.6. The molecule has 0 saturated heterocycles. The number of rotatable bonds is 6. The molecule has 1 heterocycles. The summed E-state index contributed by atoms with van der Waals surface area (Å²) in [5.41, 5.74) is -10.0. The van der Waals surface area contributed by atoms with E-state index in [-0.39, 0.29) is 4.90 Å². The van der Waals surface area contributed by atoms with E-state index in [9.17, 15) is 17.8 Å². The number of anilines is 3. The van der Waals surface area contributed by atoms with Gasteiger partial charge in [-0.1, -0.05) is 151 Å². The molecular weight excluding hydrogens is 679 g/mol. The Morgan fingerprint density at radius 1 is 0.321 bits per heavy atom. The van der Waals surface area contributed by atoms with Crippen LogP contribution < -0.4 is 4.90 Å². The highest BCUT2D eigenvalue weighted by atomic mass is 16.3. The second-order valence-corrected chi connectivity index (χ2v) is 11.8. The standard InChI is InChI=1S/C54H35NO/c1-3-13-37(14-4-1)51-35-52-48-32-27-39(34-53(48)56-54(52)49-22-12-11-21-47(49)51)36-23-28-42(29-24-36)55(41-16-5-2-6-17-41)43-30-25-38(26-31-43)50-33-40-15-7-8-18-44(40)45-19-9-10-20-46(45)50/h1-35H/i1D,2D,3D,4D,5D,6D,7D,8D,9D,10D,11D,12D,13D,14D,15D,16D,17D,18D,19D,20D,21D,22D,23D,24D,25D,26D,27D,28D,29D,30D,31D,32D,33D,34D,35D. The number of para-hydroxylation sites is 1. The van der Waals surface area contributed by atoms with Gasteiger partial charge in [0.25, 0.3) is 0 Å². The summed E-state index contributed by atoms with van der Waals surface area (Å²) in [5, 5.41) is -4.96. The maximum absolute atomic E-state index is 9.63. The minimum Gasteiger partial charge on any atom is -0.455 e. The molecule has 0 unspecified atom stereocenters. The predicted molar refractivity (Wildman–Crippen MR) is 237 cm³/mol. The van der Waals surface area contributed by atoms with Crippen LogP contribution in [0.15, 0.2) is 216 Å². The fourth-order valence-corrected chi connectivity index (χ4v) is 6.18. The highest BCUT2D eigenvalue weighted by Gasteiger charge is 2.17. The van der Waals surface area contributed by atoms with Gasteiger partial charge in [0.1, 0.15) is 11.2 Å². The van der Waals surface area contributed by atoms with Gasteiger partial charge in [0.15, 0.2) is 0 Å². The number of hydrogen-bond donors (Lipinski definition) is 0. The summed E-state index contributed by atoms with van der Waals surface area (Å²) in [7, 11) is 0. The minimum absolute atomic E-state index is 0.287. The Morgan fingerprint density at radius 3 is 1.54 bits per heavy atom. The van der Waals surface area contributed by atoms with E-state index >= 15 is 0 Å². The average molecular weight is 749 g/mol. The van der Waals surface area contributed by atoms with Crippen molar-refractivity contribution in [2.45, 2.75) is 0 Å². The quantitative estimate of drug-likeness (QED) is 0.157. The van der Waals surface area contributed by atoms with Crippen LogP contribution in [-0.4, -0.2) is 0 Å². The molecule has 0 bridgehead atoms. The Hall–Kier alpha value is -7.42. The maximum Gasteiger partial charge on any atom is 0.143 e. The highest BCUT2D eigenvalue weighted by molar-refractivity contribution is 6.19. The Kier molecular flexibility index (Phi) is 2.95. The van der Waals surface area contributed by atoms with E-state index in [1.54, 1.807) is 0 Å². The van der Waals surface area contributed by atoms with Crippen LogP contribution in [0, 0.1) is 0 Å². The van der Waals surface area contributed by atoms with E-state index in [2.05, 4.69) is 0 Å². The van der Waals surface area contributed by atoms with Gasteiger partial charge in [-0.3, -0.25) is 0 Å². The van der Waals surface area contributed by atoms with Crippen molar-refractivity contribution in [2.75, 3.05) is 4.90 Å². The molecule has 56 heavy (non-hydrogen) atoms. The van der Waals surface area contributed by atoms with Crippen molar-refractivity contribution in [3.05, 3.63) is 211 Å². The number of fused-ring (bicyclic) bond motifs is 8. The van der Waals surface area contributed by atoms with E-state index in [0.29, 0.717) is 0 Å². The molecule has 0 aliphatic carbocycles. The van der Waals surface area contributed by atoms with Crippen molar-refractivity contribution in [3.8, 4) is 33.4 Å². The summed E-state index contributed by atoms with van der Waals surface area (Å²) >= 11 is 0. The van der Waals surface area contributed by atoms with Gasteiger partial charge < -0.3 is 9.32 Å². The summed E-state index contributed by atoms with van der Waals surface area (Å²) in [5.74, 6) is 0. The Bertz CT molecular complexity index is 5190. The van der Waals surface area contributed by atoms with Crippen molar-refractivity contribution >= 4 is 71.3 Å². The van der Waals surface area contributed by atoms with Gasteiger partial charge in [0.2, 0.25) is 0 Å². The molecule has 11 rings (SSSR count). The molecule has 2 nitrogen and oxygen atoms in total. The molecule has 0 saturated carbocycles. The van der Waals surface area contributed by atoms with E-state index in [1.807, 2.05) is 0 Å². The first-order valence-electron chi connectivity index (χ1n) is 33.8. The van der Waals surface area contributed by atoms with Gasteiger partial charge >= 0.3 is 0 Å². The monoisotopic (exact) mass is 748 g/mol. The normalized spacial score (nSPS) is 20.3. The third-order valence-corrected chi connectivity index (χ3v) is 8.63. The van der Waals surface area contributed by atoms with E-state index in [4.69, 9.17) is 34.6 Å². The molecule has 10 aromatic carbocycles. The van der Waals surface area contributed by atoms with Crippen LogP contribution in [0.5, 0.6) is 0 Å². The lowest BCUT2D eigenvalue weighted by Crippen LogP contribution is -2.09. The highest BCUT2D eigenvalue weighted by Crippen LogP contribution is 2.42. The molecule has 0 fully saturated rings. The molecular formula is C54H35NO. The van der Waals surface area contributed by atoms with Crippen LogP contribution in [0.2, 0.25) is 0 Å². The van der Waals surface area contributed by atoms with Crippen LogP contribution in [0.1, 0.15) is 48.0 Å². The van der Waals surface area contributed by atoms with Crippen molar-refractivity contribution in [3.63, 3.8) is 0 Å². The molecule has 11 aromatic rings. The van der Waals surface area contributed by atoms with Gasteiger partial charge in [-0.25, -0.2) is 0 Å². The SMILES string of the molecule is [2H]c1c([2H])c([2H])c(-c2c([2H])c3c(oc4c([2H])c(-c5c([2H])c([2H])c(N(c6c([2H])c([2H])c([2H])c([2H])c6[2H])c6c([2H])c([2H])c(-c7c([2H])c8c([2H])c([2H])c([2H])c([2H])c8c8c([2H])c([2H])c([2H])c([2H])c78)c([2H])c6[2H])c([2H])c5[2H])c([2H])c([2H])c43)c3c([2H])c([2H])c([2H])c([2H])c23)c([2H])c1[2H]. The number of hydrogen-bond acceptors (Lipinski definition) is 2. The zero-order valence-corrected chi connectivity index (χ0v) is 27.9. The van der Waals surface area contributed by atoms with E-state index < -0.39 is 316 Å². The topological polar surface area (TPSA) is 16.4 Å². The summed E-state index contributed by atoms with van der Waals surface area (Å²) in [4.78, 5) is 0.287. The Morgan fingerprint density at radius 2 is 0.821 bits per heavy atom. The number of nitrogens with zero attached hydrogens (tertiary/aromatic N) is 1. The third-order valence-electron chi connectivity index (χ3n) is 8.63. The summed E-state index contributed by atoms with van der Waals surface area (Å²) < 4.78 is 322. The zero-order valence-electron chi connectivity index (χ0n) is 62.9. The fraction of sp³-hybridized carbons (Fsp3) is 0. The fourth-order valence-electron chi connectivity index (χ4n) is 6.18. The summed E-state index contributed by atoms with van der Waals surface area (Å²) in [6.45, 7) is 0. The maximum atomic E-state index is 9.63. The lowest BCUT2D eigenvalue weighted by Gasteiger charge is -2.26. The summed E-state index contributed by atoms with van der Waals surface area (Å²) in [6, 6.07) is -36.3. The molecule has 1 aromatic heterocycles. The second kappa shape index (κ2) is 13.2. The van der Waals surface area contributed by atoms with Gasteiger partial charge in [-0.05, 0) is 121 Å². The molecule has 0 amide bonds. The van der Waals surface area contributed by atoms with Crippen LogP contribution in [-0.2, 0) is 0 Å². The van der Waals surface area contributed by atoms with Gasteiger partial charge in [-0.15, -0.1) is 0 Å². The minimum atomic E-state index is -1.32. The molecule has 262 valence electrons. The predicted octanol–water partition coefficient (Wildman–Crippen LogP) is 15.5. The summed E-state index contributed by atoms with van der Waals surface area (Å²) in [6.07, 6.45) is 0. The zero-order chi connectivity index (χ0) is 67.5. The van der Waals surface area contributed by atoms with Crippen molar-refractivity contribution in [1.82, 2.24) is 0 Å². The van der Waals surface area contributed by atoms with Crippen LogP contribution in [0.25, 0.3) is 87.6 Å². The molecule has 0 aliphatic rings.